The van der Waals surface area contributed by atoms with Crippen molar-refractivity contribution in [2.45, 2.75) is 26.7 Å². The van der Waals surface area contributed by atoms with Crippen molar-refractivity contribution >= 4 is 17.6 Å². The Morgan fingerprint density at radius 3 is 2.67 bits per heavy atom. The molecular weight excluding hydrogens is 294 g/mol. The van der Waals surface area contributed by atoms with Crippen LogP contribution in [0.15, 0.2) is 12.1 Å². The molecule has 0 aromatic heterocycles. The first-order valence-corrected chi connectivity index (χ1v) is 6.83. The van der Waals surface area contributed by atoms with Crippen molar-refractivity contribution in [2.24, 2.45) is 5.41 Å². The number of halogens is 1. The molecule has 0 atom stereocenters. The van der Waals surface area contributed by atoms with Crippen LogP contribution < -0.4 is 9.47 Å². The summed E-state index contributed by atoms with van der Waals surface area (Å²) in [6.07, 6.45) is 1.28. The summed E-state index contributed by atoms with van der Waals surface area (Å²) < 4.78 is 10.7. The Bertz CT molecular complexity index is 564. The highest BCUT2D eigenvalue weighted by Crippen LogP contribution is 2.35. The van der Waals surface area contributed by atoms with Gasteiger partial charge in [-0.3, -0.25) is 0 Å². The molecule has 0 saturated heterocycles. The van der Waals surface area contributed by atoms with Crippen LogP contribution in [0.4, 0.5) is 0 Å². The van der Waals surface area contributed by atoms with Gasteiger partial charge < -0.3 is 14.6 Å². The average molecular weight is 312 g/mol. The van der Waals surface area contributed by atoms with Gasteiger partial charge in [0, 0.05) is 11.1 Å². The van der Waals surface area contributed by atoms with E-state index in [2.05, 4.69) is 6.07 Å². The third-order valence-electron chi connectivity index (χ3n) is 2.97. The quantitative estimate of drug-likeness (QED) is 0.776. The summed E-state index contributed by atoms with van der Waals surface area (Å²) in [7, 11) is 1.42. The number of methoxy groups -OCH3 is 1. The van der Waals surface area contributed by atoms with E-state index in [1.54, 1.807) is 0 Å². The van der Waals surface area contributed by atoms with Crippen LogP contribution >= 0.6 is 11.6 Å². The molecule has 0 amide bonds. The van der Waals surface area contributed by atoms with Gasteiger partial charge in [0.05, 0.1) is 25.2 Å². The molecule has 114 valence electrons. The molecule has 0 fully saturated rings. The van der Waals surface area contributed by atoms with Crippen molar-refractivity contribution in [3.05, 3.63) is 22.7 Å². The third kappa shape index (κ3) is 4.83. The van der Waals surface area contributed by atoms with Crippen molar-refractivity contribution in [1.29, 1.82) is 5.26 Å². The number of hydrogen-bond acceptors (Lipinski definition) is 4. The second-order valence-corrected chi connectivity index (χ2v) is 5.67. The average Bonchev–Trinajstić information content (AvgIpc) is 2.43. The molecule has 0 aliphatic carbocycles. The van der Waals surface area contributed by atoms with E-state index in [0.29, 0.717) is 19.4 Å². The largest absolute Gasteiger partial charge is 0.493 e. The highest BCUT2D eigenvalue weighted by molar-refractivity contribution is 6.31. The smallest absolute Gasteiger partial charge is 0.339 e. The fraction of sp³-hybridized carbons (Fsp3) is 0.467. The number of carboxylic acid groups (broad SMARTS) is 1. The van der Waals surface area contributed by atoms with Crippen LogP contribution in [0.5, 0.6) is 11.5 Å². The highest BCUT2D eigenvalue weighted by Gasteiger charge is 2.19. The molecule has 1 aromatic carbocycles. The van der Waals surface area contributed by atoms with Gasteiger partial charge in [-0.15, -0.1) is 0 Å². The predicted octanol–water partition coefficient (Wildman–Crippen LogP) is 3.76. The molecule has 0 saturated carbocycles. The summed E-state index contributed by atoms with van der Waals surface area (Å²) in [5, 5.41) is 18.4. The molecule has 1 N–H and O–H groups in total. The SMILES string of the molecule is COc1cc(Cl)cc(C(=O)O)c1OCCCC(C)(C)C#N. The molecule has 0 heterocycles. The summed E-state index contributed by atoms with van der Waals surface area (Å²) >= 11 is 5.85. The lowest BCUT2D eigenvalue weighted by Crippen LogP contribution is -2.11. The van der Waals surface area contributed by atoms with Gasteiger partial charge in [-0.25, -0.2) is 4.79 Å². The summed E-state index contributed by atoms with van der Waals surface area (Å²) in [4.78, 5) is 11.2. The first kappa shape index (κ1) is 17.1. The van der Waals surface area contributed by atoms with Crippen LogP contribution in [0, 0.1) is 16.7 Å². The molecule has 6 heteroatoms. The minimum atomic E-state index is -1.14. The van der Waals surface area contributed by atoms with Crippen molar-refractivity contribution in [3.8, 4) is 17.6 Å². The normalized spacial score (nSPS) is 10.8. The van der Waals surface area contributed by atoms with Crippen molar-refractivity contribution in [1.82, 2.24) is 0 Å². The zero-order valence-corrected chi connectivity index (χ0v) is 13.0. The molecule has 5 nitrogen and oxygen atoms in total. The van der Waals surface area contributed by atoms with E-state index in [1.165, 1.54) is 19.2 Å². The van der Waals surface area contributed by atoms with Crippen LogP contribution in [-0.2, 0) is 0 Å². The maximum Gasteiger partial charge on any atom is 0.339 e. The Morgan fingerprint density at radius 1 is 1.48 bits per heavy atom. The summed E-state index contributed by atoms with van der Waals surface area (Å²) in [5.41, 5.74) is -0.470. The zero-order valence-electron chi connectivity index (χ0n) is 12.3. The molecule has 1 rings (SSSR count). The van der Waals surface area contributed by atoms with Crippen molar-refractivity contribution in [2.75, 3.05) is 13.7 Å². The second kappa shape index (κ2) is 7.19. The fourth-order valence-corrected chi connectivity index (χ4v) is 1.98. The van der Waals surface area contributed by atoms with Crippen LogP contribution in [0.25, 0.3) is 0 Å². The van der Waals surface area contributed by atoms with Gasteiger partial charge in [-0.2, -0.15) is 5.26 Å². The van der Waals surface area contributed by atoms with E-state index in [4.69, 9.17) is 26.3 Å². The van der Waals surface area contributed by atoms with E-state index in [0.717, 1.165) is 0 Å². The molecule has 0 unspecified atom stereocenters. The molecule has 0 aliphatic heterocycles. The lowest BCUT2D eigenvalue weighted by molar-refractivity contribution is 0.0691. The summed E-state index contributed by atoms with van der Waals surface area (Å²) in [6, 6.07) is 5.03. The molecule has 21 heavy (non-hydrogen) atoms. The number of rotatable bonds is 7. The Morgan fingerprint density at radius 2 is 2.14 bits per heavy atom. The molecule has 0 bridgehead atoms. The Hall–Kier alpha value is -1.93. The number of ether oxygens (including phenoxy) is 2. The third-order valence-corrected chi connectivity index (χ3v) is 3.18. The highest BCUT2D eigenvalue weighted by atomic mass is 35.5. The predicted molar refractivity (Wildman–Crippen MR) is 79.1 cm³/mol. The number of carbonyl (C=O) groups is 1. The summed E-state index contributed by atoms with van der Waals surface area (Å²) in [5.74, 6) is -0.702. The standard InChI is InChI=1S/C15H18ClNO4/c1-15(2,9-17)5-4-6-21-13-11(14(18)19)7-10(16)8-12(13)20-3/h7-8H,4-6H2,1-3H3,(H,18,19). The van der Waals surface area contributed by atoms with E-state index in [-0.39, 0.29) is 22.1 Å². The first-order chi connectivity index (χ1) is 9.80. The van der Waals surface area contributed by atoms with E-state index < -0.39 is 11.4 Å². The Balaban J connectivity index is 2.83. The van der Waals surface area contributed by atoms with Gasteiger partial charge in [-0.05, 0) is 32.8 Å². The lowest BCUT2D eigenvalue weighted by Gasteiger charge is -2.17. The Labute approximate surface area is 129 Å². The van der Waals surface area contributed by atoms with E-state index in [1.807, 2.05) is 13.8 Å². The summed E-state index contributed by atoms with van der Waals surface area (Å²) in [6.45, 7) is 3.99. The number of nitrogens with zero attached hydrogens (tertiary/aromatic N) is 1. The molecule has 0 spiro atoms. The molecule has 0 aliphatic rings. The maximum atomic E-state index is 11.2. The van der Waals surface area contributed by atoms with E-state index in [9.17, 15) is 9.90 Å². The zero-order chi connectivity index (χ0) is 16.0. The number of aromatic carboxylic acids is 1. The monoisotopic (exact) mass is 311 g/mol. The maximum absolute atomic E-state index is 11.2. The van der Waals surface area contributed by atoms with Crippen LogP contribution in [0.1, 0.15) is 37.0 Å². The van der Waals surface area contributed by atoms with Gasteiger partial charge in [0.1, 0.15) is 5.56 Å². The lowest BCUT2D eigenvalue weighted by atomic mass is 9.90. The van der Waals surface area contributed by atoms with Gasteiger partial charge >= 0.3 is 5.97 Å². The van der Waals surface area contributed by atoms with Crippen LogP contribution in [0.2, 0.25) is 5.02 Å². The van der Waals surface area contributed by atoms with Crippen LogP contribution in [0.3, 0.4) is 0 Å². The number of nitriles is 1. The number of benzene rings is 1. The van der Waals surface area contributed by atoms with Gasteiger partial charge in [-0.1, -0.05) is 11.6 Å². The topological polar surface area (TPSA) is 79.6 Å². The molecule has 0 radical (unpaired) electrons. The minimum Gasteiger partial charge on any atom is -0.493 e. The van der Waals surface area contributed by atoms with Crippen LogP contribution in [-0.4, -0.2) is 24.8 Å². The van der Waals surface area contributed by atoms with Gasteiger partial charge in [0.2, 0.25) is 0 Å². The molecular formula is C15H18ClNO4. The molecule has 1 aromatic rings. The number of hydrogen-bond donors (Lipinski definition) is 1. The number of carboxylic acids is 1. The first-order valence-electron chi connectivity index (χ1n) is 6.45. The van der Waals surface area contributed by atoms with E-state index >= 15 is 0 Å². The Kier molecular flexibility index (Phi) is 5.86. The minimum absolute atomic E-state index is 0.0427. The second-order valence-electron chi connectivity index (χ2n) is 5.24. The van der Waals surface area contributed by atoms with Crippen molar-refractivity contribution in [3.63, 3.8) is 0 Å². The van der Waals surface area contributed by atoms with Gasteiger partial charge in [0.15, 0.2) is 11.5 Å². The van der Waals surface area contributed by atoms with Gasteiger partial charge in [0.25, 0.3) is 0 Å². The van der Waals surface area contributed by atoms with Crippen molar-refractivity contribution < 1.29 is 19.4 Å². The fourth-order valence-electron chi connectivity index (χ4n) is 1.77.